The van der Waals surface area contributed by atoms with Crippen LogP contribution in [0.4, 0.5) is 4.79 Å². The van der Waals surface area contributed by atoms with Crippen LogP contribution >= 0.6 is 0 Å². The summed E-state index contributed by atoms with van der Waals surface area (Å²) in [7, 11) is 1.74. The van der Waals surface area contributed by atoms with E-state index in [4.69, 9.17) is 11.5 Å². The van der Waals surface area contributed by atoms with Crippen LogP contribution in [0.5, 0.6) is 0 Å². The molecule has 0 aliphatic carbocycles. The van der Waals surface area contributed by atoms with Crippen LogP contribution in [0.15, 0.2) is 30.5 Å². The molecule has 5 heteroatoms. The quantitative estimate of drug-likeness (QED) is 0.681. The molecule has 0 spiro atoms. The van der Waals surface area contributed by atoms with Crippen LogP contribution < -0.4 is 0 Å². The number of para-hydroxylation sites is 1. The van der Waals surface area contributed by atoms with Crippen molar-refractivity contribution in [3.63, 3.8) is 0 Å². The van der Waals surface area contributed by atoms with Gasteiger partial charge in [-0.05, 0) is 13.1 Å². The van der Waals surface area contributed by atoms with Gasteiger partial charge in [0.1, 0.15) is 0 Å². The van der Waals surface area contributed by atoms with Crippen LogP contribution in [0.3, 0.4) is 0 Å². The topological polar surface area (TPSA) is 62.5 Å². The molecule has 20 heavy (non-hydrogen) atoms. The average Bonchev–Trinajstić information content (AvgIpc) is 2.78. The Morgan fingerprint density at radius 1 is 1.40 bits per heavy atom. The minimum absolute atomic E-state index is 0.151. The lowest BCUT2D eigenvalue weighted by Gasteiger charge is -2.11. The second kappa shape index (κ2) is 5.59. The third-order valence-electron chi connectivity index (χ3n) is 2.99. The number of Topliss-reactive ketones (excluding diaryl/α,β-unsaturated/α-hetero) is 1. The van der Waals surface area contributed by atoms with E-state index in [1.165, 1.54) is 6.20 Å². The number of rotatable bonds is 4. The maximum absolute atomic E-state index is 12.3. The van der Waals surface area contributed by atoms with E-state index in [2.05, 4.69) is 5.92 Å². The standard InChI is InChI=1S/C15H14N2O3/c1-3-8-16(2)10-14(18)12-9-17(15(19)20)13-7-5-4-6-11(12)13/h1,4-7,9H,8,10H2,2H3,(H,19,20). The van der Waals surface area contributed by atoms with Gasteiger partial charge in [0, 0.05) is 17.1 Å². The average molecular weight is 270 g/mol. The maximum atomic E-state index is 12.3. The van der Waals surface area contributed by atoms with Crippen molar-refractivity contribution in [2.75, 3.05) is 20.1 Å². The van der Waals surface area contributed by atoms with Gasteiger partial charge in [0.05, 0.1) is 18.6 Å². The van der Waals surface area contributed by atoms with Gasteiger partial charge in [0.2, 0.25) is 0 Å². The van der Waals surface area contributed by atoms with Crippen molar-refractivity contribution < 1.29 is 14.7 Å². The third-order valence-corrected chi connectivity index (χ3v) is 2.99. The lowest BCUT2D eigenvalue weighted by molar-refractivity contribution is 0.0954. The van der Waals surface area contributed by atoms with E-state index in [1.807, 2.05) is 0 Å². The fourth-order valence-corrected chi connectivity index (χ4v) is 2.10. The van der Waals surface area contributed by atoms with Crippen molar-refractivity contribution in [3.8, 4) is 12.3 Å². The first-order valence-electron chi connectivity index (χ1n) is 6.03. The van der Waals surface area contributed by atoms with Gasteiger partial charge in [0.25, 0.3) is 0 Å². The molecule has 0 saturated heterocycles. The number of likely N-dealkylation sites (N-methyl/N-ethyl adjacent to an activating group) is 1. The molecule has 1 N–H and O–H groups in total. The predicted octanol–water partition coefficient (Wildman–Crippen LogP) is 1.92. The van der Waals surface area contributed by atoms with E-state index >= 15 is 0 Å². The van der Waals surface area contributed by atoms with Gasteiger partial charge in [-0.1, -0.05) is 24.1 Å². The molecular formula is C15H14N2O3. The van der Waals surface area contributed by atoms with E-state index < -0.39 is 6.09 Å². The zero-order chi connectivity index (χ0) is 14.7. The summed E-state index contributed by atoms with van der Waals surface area (Å²) in [5, 5.41) is 9.79. The molecule has 0 aliphatic rings. The van der Waals surface area contributed by atoms with Gasteiger partial charge in [-0.15, -0.1) is 6.42 Å². The molecule has 0 aliphatic heterocycles. The van der Waals surface area contributed by atoms with Gasteiger partial charge in [-0.25, -0.2) is 4.79 Å². The molecule has 0 bridgehead atoms. The molecule has 5 nitrogen and oxygen atoms in total. The summed E-state index contributed by atoms with van der Waals surface area (Å²) in [6, 6.07) is 6.92. The first-order chi connectivity index (χ1) is 9.54. The first-order valence-corrected chi connectivity index (χ1v) is 6.03. The van der Waals surface area contributed by atoms with E-state index in [1.54, 1.807) is 36.2 Å². The number of fused-ring (bicyclic) bond motifs is 1. The van der Waals surface area contributed by atoms with Crippen molar-refractivity contribution in [1.82, 2.24) is 9.47 Å². The second-order valence-electron chi connectivity index (χ2n) is 4.51. The zero-order valence-corrected chi connectivity index (χ0v) is 11.0. The van der Waals surface area contributed by atoms with Gasteiger partial charge in [-0.3, -0.25) is 14.3 Å². The molecule has 0 atom stereocenters. The minimum atomic E-state index is -1.11. The number of ketones is 1. The molecule has 2 aromatic rings. The van der Waals surface area contributed by atoms with E-state index in [0.717, 1.165) is 4.57 Å². The van der Waals surface area contributed by atoms with Crippen LogP contribution in [0.25, 0.3) is 10.9 Å². The molecule has 1 aromatic carbocycles. The summed E-state index contributed by atoms with van der Waals surface area (Å²) in [5.74, 6) is 2.31. The Kier molecular flexibility index (Phi) is 3.87. The van der Waals surface area contributed by atoms with Crippen molar-refractivity contribution in [2.45, 2.75) is 0 Å². The number of carbonyl (C=O) groups is 2. The van der Waals surface area contributed by atoms with E-state index in [9.17, 15) is 9.59 Å². The normalized spacial score (nSPS) is 10.7. The Balaban J connectivity index is 2.42. The first kappa shape index (κ1) is 13.8. The van der Waals surface area contributed by atoms with E-state index in [-0.39, 0.29) is 12.3 Å². The Hall–Kier alpha value is -2.58. The molecule has 1 aromatic heterocycles. The van der Waals surface area contributed by atoms with Crippen molar-refractivity contribution in [3.05, 3.63) is 36.0 Å². The molecule has 0 saturated carbocycles. The maximum Gasteiger partial charge on any atom is 0.416 e. The highest BCUT2D eigenvalue weighted by Gasteiger charge is 2.18. The minimum Gasteiger partial charge on any atom is -0.464 e. The van der Waals surface area contributed by atoms with Crippen LogP contribution in [0.1, 0.15) is 10.4 Å². The Morgan fingerprint density at radius 3 is 2.75 bits per heavy atom. The van der Waals surface area contributed by atoms with E-state index in [0.29, 0.717) is 23.0 Å². The summed E-state index contributed by atoms with van der Waals surface area (Å²) in [6.07, 6.45) is 5.44. The molecule has 0 fully saturated rings. The van der Waals surface area contributed by atoms with Gasteiger partial charge in [-0.2, -0.15) is 0 Å². The Labute approximate surface area is 116 Å². The van der Waals surface area contributed by atoms with Gasteiger partial charge >= 0.3 is 6.09 Å². The molecule has 0 unspecified atom stereocenters. The molecule has 2 rings (SSSR count). The predicted molar refractivity (Wildman–Crippen MR) is 76.0 cm³/mol. The Morgan fingerprint density at radius 2 is 2.10 bits per heavy atom. The number of carboxylic acid groups (broad SMARTS) is 1. The monoisotopic (exact) mass is 270 g/mol. The van der Waals surface area contributed by atoms with Crippen molar-refractivity contribution in [1.29, 1.82) is 0 Å². The number of hydrogen-bond donors (Lipinski definition) is 1. The molecule has 1 heterocycles. The SMILES string of the molecule is C#CCN(C)CC(=O)c1cn(C(=O)O)c2ccccc12. The summed E-state index contributed by atoms with van der Waals surface area (Å²) in [5.41, 5.74) is 0.898. The Bertz CT molecular complexity index is 709. The largest absolute Gasteiger partial charge is 0.464 e. The lowest BCUT2D eigenvalue weighted by Crippen LogP contribution is -2.26. The molecule has 0 radical (unpaired) electrons. The number of carbonyl (C=O) groups excluding carboxylic acids is 1. The summed E-state index contributed by atoms with van der Waals surface area (Å²) < 4.78 is 1.06. The summed E-state index contributed by atoms with van der Waals surface area (Å²) in [4.78, 5) is 25.2. The second-order valence-corrected chi connectivity index (χ2v) is 4.51. The third kappa shape index (κ3) is 2.56. The summed E-state index contributed by atoms with van der Waals surface area (Å²) in [6.45, 7) is 0.515. The van der Waals surface area contributed by atoms with Crippen LogP contribution in [-0.2, 0) is 0 Å². The number of nitrogens with zero attached hydrogens (tertiary/aromatic N) is 2. The highest BCUT2D eigenvalue weighted by molar-refractivity contribution is 6.10. The van der Waals surface area contributed by atoms with Crippen molar-refractivity contribution in [2.24, 2.45) is 0 Å². The molecule has 0 amide bonds. The van der Waals surface area contributed by atoms with Gasteiger partial charge in [0.15, 0.2) is 5.78 Å². The van der Waals surface area contributed by atoms with Crippen LogP contribution in [0.2, 0.25) is 0 Å². The molecular weight excluding hydrogens is 256 g/mol. The lowest BCUT2D eigenvalue weighted by atomic mass is 10.1. The van der Waals surface area contributed by atoms with Crippen molar-refractivity contribution >= 4 is 22.8 Å². The van der Waals surface area contributed by atoms with Gasteiger partial charge < -0.3 is 5.11 Å². The smallest absolute Gasteiger partial charge is 0.416 e. The number of benzene rings is 1. The van der Waals surface area contributed by atoms with Crippen LogP contribution in [0, 0.1) is 12.3 Å². The highest BCUT2D eigenvalue weighted by Crippen LogP contribution is 2.21. The number of aromatic nitrogens is 1. The zero-order valence-electron chi connectivity index (χ0n) is 11.0. The fraction of sp³-hybridized carbons (Fsp3) is 0.200. The fourth-order valence-electron chi connectivity index (χ4n) is 2.10. The highest BCUT2D eigenvalue weighted by atomic mass is 16.4. The summed E-state index contributed by atoms with van der Waals surface area (Å²) >= 11 is 0. The molecule has 102 valence electrons. The number of terminal acetylenes is 1. The van der Waals surface area contributed by atoms with Crippen LogP contribution in [-0.4, -0.2) is 46.6 Å². The number of hydrogen-bond acceptors (Lipinski definition) is 3.